The van der Waals surface area contributed by atoms with Crippen LogP contribution in [0, 0.1) is 0 Å². The monoisotopic (exact) mass is 374 g/mol. The van der Waals surface area contributed by atoms with E-state index in [1.807, 2.05) is 44.2 Å². The molecular formula is C20H27ClN4O. The first-order valence-corrected chi connectivity index (χ1v) is 9.33. The topological polar surface area (TPSA) is 58.5 Å². The summed E-state index contributed by atoms with van der Waals surface area (Å²) in [4.78, 5) is 8.75. The fourth-order valence-electron chi connectivity index (χ4n) is 2.38. The molecule has 0 amide bonds. The third-order valence-corrected chi connectivity index (χ3v) is 3.75. The highest BCUT2D eigenvalue weighted by molar-refractivity contribution is 6.29. The minimum atomic E-state index is 0.162. The van der Waals surface area contributed by atoms with Crippen LogP contribution >= 0.6 is 11.6 Å². The van der Waals surface area contributed by atoms with Gasteiger partial charge < -0.3 is 15.4 Å². The van der Waals surface area contributed by atoms with Gasteiger partial charge in [0, 0.05) is 19.3 Å². The first kappa shape index (κ1) is 20.0. The van der Waals surface area contributed by atoms with Crippen molar-refractivity contribution in [1.29, 1.82) is 0 Å². The number of nitrogens with zero attached hydrogens (tertiary/aromatic N) is 2. The number of guanidine groups is 1. The predicted molar refractivity (Wildman–Crippen MR) is 108 cm³/mol. The van der Waals surface area contributed by atoms with Crippen molar-refractivity contribution in [3.8, 4) is 5.75 Å². The summed E-state index contributed by atoms with van der Waals surface area (Å²) in [5.74, 6) is 1.67. The molecular weight excluding hydrogens is 348 g/mol. The lowest BCUT2D eigenvalue weighted by atomic mass is 10.2. The van der Waals surface area contributed by atoms with Crippen LogP contribution in [-0.4, -0.2) is 30.1 Å². The Bertz CT molecular complexity index is 701. The third-order valence-electron chi connectivity index (χ3n) is 3.53. The Labute approximate surface area is 160 Å². The minimum absolute atomic E-state index is 0.162. The van der Waals surface area contributed by atoms with E-state index in [0.29, 0.717) is 11.7 Å². The fourth-order valence-corrected chi connectivity index (χ4v) is 2.49. The van der Waals surface area contributed by atoms with Crippen molar-refractivity contribution in [2.75, 3.05) is 13.1 Å². The normalized spacial score (nSPS) is 11.5. The van der Waals surface area contributed by atoms with Gasteiger partial charge in [-0.25, -0.2) is 9.98 Å². The van der Waals surface area contributed by atoms with E-state index < -0.39 is 0 Å². The summed E-state index contributed by atoms with van der Waals surface area (Å²) in [7, 11) is 0. The van der Waals surface area contributed by atoms with Crippen LogP contribution in [0.5, 0.6) is 5.75 Å². The van der Waals surface area contributed by atoms with E-state index >= 15 is 0 Å². The molecule has 2 rings (SSSR count). The largest absolute Gasteiger partial charge is 0.491 e. The summed E-state index contributed by atoms with van der Waals surface area (Å²) in [6.07, 6.45) is 2.82. The predicted octanol–water partition coefficient (Wildman–Crippen LogP) is 3.82. The second-order valence-electron chi connectivity index (χ2n) is 6.18. The fraction of sp³-hybridized carbons (Fsp3) is 0.400. The van der Waals surface area contributed by atoms with Crippen LogP contribution in [0.3, 0.4) is 0 Å². The lowest BCUT2D eigenvalue weighted by molar-refractivity contribution is 0.242. The van der Waals surface area contributed by atoms with Crippen molar-refractivity contribution in [2.45, 2.75) is 39.8 Å². The second-order valence-corrected chi connectivity index (χ2v) is 6.56. The van der Waals surface area contributed by atoms with E-state index in [2.05, 4.69) is 33.6 Å². The summed E-state index contributed by atoms with van der Waals surface area (Å²) < 4.78 is 5.74. The lowest BCUT2D eigenvalue weighted by Gasteiger charge is -2.12. The highest BCUT2D eigenvalue weighted by Crippen LogP contribution is 2.15. The number of ether oxygens (including phenoxy) is 1. The number of pyridine rings is 1. The number of rotatable bonds is 8. The number of aromatic nitrogens is 1. The maximum Gasteiger partial charge on any atom is 0.191 e. The molecule has 0 radical (unpaired) electrons. The molecule has 0 bridgehead atoms. The molecule has 0 spiro atoms. The van der Waals surface area contributed by atoms with Gasteiger partial charge in [-0.3, -0.25) is 0 Å². The molecule has 0 atom stereocenters. The van der Waals surface area contributed by atoms with Crippen LogP contribution in [0.15, 0.2) is 47.6 Å². The molecule has 2 N–H and O–H groups in total. The van der Waals surface area contributed by atoms with E-state index in [-0.39, 0.29) is 6.10 Å². The van der Waals surface area contributed by atoms with Gasteiger partial charge in [0.25, 0.3) is 0 Å². The Morgan fingerprint density at radius 2 is 2.04 bits per heavy atom. The Morgan fingerprint density at radius 1 is 1.19 bits per heavy atom. The summed E-state index contributed by atoms with van der Waals surface area (Å²) in [6, 6.07) is 11.9. The molecule has 26 heavy (non-hydrogen) atoms. The van der Waals surface area contributed by atoms with Crippen molar-refractivity contribution in [2.24, 2.45) is 4.99 Å². The molecule has 1 heterocycles. The van der Waals surface area contributed by atoms with Crippen LogP contribution < -0.4 is 15.4 Å². The molecule has 0 unspecified atom stereocenters. The molecule has 0 aliphatic heterocycles. The van der Waals surface area contributed by atoms with E-state index in [1.54, 1.807) is 6.20 Å². The maximum absolute atomic E-state index is 5.81. The zero-order chi connectivity index (χ0) is 18.8. The van der Waals surface area contributed by atoms with Crippen LogP contribution in [-0.2, 0) is 13.0 Å². The Hall–Kier alpha value is -2.27. The van der Waals surface area contributed by atoms with Crippen LogP contribution in [0.1, 0.15) is 31.9 Å². The summed E-state index contributed by atoms with van der Waals surface area (Å²) in [5.41, 5.74) is 2.25. The van der Waals surface area contributed by atoms with Crippen LogP contribution in [0.4, 0.5) is 0 Å². The van der Waals surface area contributed by atoms with Gasteiger partial charge in [0.2, 0.25) is 0 Å². The Kier molecular flexibility index (Phi) is 8.22. The molecule has 1 aromatic carbocycles. The smallest absolute Gasteiger partial charge is 0.191 e. The highest BCUT2D eigenvalue weighted by atomic mass is 35.5. The molecule has 0 fully saturated rings. The molecule has 140 valence electrons. The number of hydrogen-bond acceptors (Lipinski definition) is 3. The number of benzene rings is 1. The molecule has 0 aliphatic carbocycles. The van der Waals surface area contributed by atoms with Crippen molar-refractivity contribution in [1.82, 2.24) is 15.6 Å². The van der Waals surface area contributed by atoms with Crippen molar-refractivity contribution < 1.29 is 4.74 Å². The summed E-state index contributed by atoms with van der Waals surface area (Å²) in [5, 5.41) is 7.13. The van der Waals surface area contributed by atoms with Crippen molar-refractivity contribution in [3.63, 3.8) is 0 Å². The number of halogens is 1. The van der Waals surface area contributed by atoms with E-state index in [4.69, 9.17) is 16.3 Å². The molecule has 0 saturated heterocycles. The SMILES string of the molecule is CCNC(=NCc1cccc(OC(C)C)c1)NCCc1ccc(Cl)nc1. The van der Waals surface area contributed by atoms with Crippen LogP contribution in [0.2, 0.25) is 5.15 Å². The van der Waals surface area contributed by atoms with Gasteiger partial charge in [-0.05, 0) is 56.5 Å². The van der Waals surface area contributed by atoms with Crippen molar-refractivity contribution >= 4 is 17.6 Å². The number of aliphatic imine (C=N–C) groups is 1. The van der Waals surface area contributed by atoms with Gasteiger partial charge >= 0.3 is 0 Å². The summed E-state index contributed by atoms with van der Waals surface area (Å²) >= 11 is 5.81. The Balaban J connectivity index is 1.90. The van der Waals surface area contributed by atoms with E-state index in [1.165, 1.54) is 0 Å². The molecule has 5 nitrogen and oxygen atoms in total. The zero-order valence-corrected chi connectivity index (χ0v) is 16.4. The Morgan fingerprint density at radius 3 is 2.73 bits per heavy atom. The maximum atomic E-state index is 5.81. The first-order valence-electron chi connectivity index (χ1n) is 8.95. The van der Waals surface area contributed by atoms with Gasteiger partial charge in [0.05, 0.1) is 12.6 Å². The average Bonchev–Trinajstić information content (AvgIpc) is 2.61. The highest BCUT2D eigenvalue weighted by Gasteiger charge is 2.01. The average molecular weight is 375 g/mol. The lowest BCUT2D eigenvalue weighted by Crippen LogP contribution is -2.38. The van der Waals surface area contributed by atoms with Gasteiger partial charge in [-0.1, -0.05) is 29.8 Å². The van der Waals surface area contributed by atoms with E-state index in [0.717, 1.165) is 42.3 Å². The summed E-state index contributed by atoms with van der Waals surface area (Å²) in [6.45, 7) is 8.27. The molecule has 1 aromatic heterocycles. The third kappa shape index (κ3) is 7.31. The number of hydrogen-bond donors (Lipinski definition) is 2. The van der Waals surface area contributed by atoms with Crippen molar-refractivity contribution in [3.05, 3.63) is 58.9 Å². The zero-order valence-electron chi connectivity index (χ0n) is 15.6. The van der Waals surface area contributed by atoms with Gasteiger partial charge in [0.1, 0.15) is 10.9 Å². The molecule has 0 aliphatic rings. The van der Waals surface area contributed by atoms with Gasteiger partial charge in [-0.2, -0.15) is 0 Å². The van der Waals surface area contributed by atoms with Crippen LogP contribution in [0.25, 0.3) is 0 Å². The van der Waals surface area contributed by atoms with E-state index in [9.17, 15) is 0 Å². The standard InChI is InChI=1S/C20H27ClN4O/c1-4-22-20(23-11-10-16-8-9-19(21)24-13-16)25-14-17-6-5-7-18(12-17)26-15(2)3/h5-9,12-13,15H,4,10-11,14H2,1-3H3,(H2,22,23,25). The first-order chi connectivity index (χ1) is 12.6. The minimum Gasteiger partial charge on any atom is -0.491 e. The number of nitrogens with one attached hydrogen (secondary N) is 2. The quantitative estimate of drug-likeness (QED) is 0.419. The van der Waals surface area contributed by atoms with Gasteiger partial charge in [0.15, 0.2) is 5.96 Å². The second kappa shape index (κ2) is 10.7. The molecule has 0 saturated carbocycles. The van der Waals surface area contributed by atoms with Gasteiger partial charge in [-0.15, -0.1) is 0 Å². The molecule has 6 heteroatoms. The molecule has 2 aromatic rings.